The smallest absolute Gasteiger partial charge is 0.328 e. The van der Waals surface area contributed by atoms with Crippen LogP contribution >= 0.6 is 11.6 Å². The molecule has 0 aliphatic carbocycles. The Morgan fingerprint density at radius 3 is 2.80 bits per heavy atom. The molecule has 128 valence electrons. The summed E-state index contributed by atoms with van der Waals surface area (Å²) in [5.74, 6) is -0.641. The van der Waals surface area contributed by atoms with E-state index in [0.29, 0.717) is 10.7 Å². The molecule has 25 heavy (non-hydrogen) atoms. The lowest BCUT2D eigenvalue weighted by Crippen LogP contribution is -2.31. The van der Waals surface area contributed by atoms with Gasteiger partial charge in [-0.25, -0.2) is 9.78 Å². The monoisotopic (exact) mass is 359 g/mol. The van der Waals surface area contributed by atoms with Crippen LogP contribution in [0.3, 0.4) is 0 Å². The molecule has 7 nitrogen and oxygen atoms in total. The summed E-state index contributed by atoms with van der Waals surface area (Å²) in [4.78, 5) is 41.0. The highest BCUT2D eigenvalue weighted by Crippen LogP contribution is 2.27. The van der Waals surface area contributed by atoms with Crippen molar-refractivity contribution >= 4 is 28.5 Å². The van der Waals surface area contributed by atoms with Gasteiger partial charge in [0.1, 0.15) is 13.2 Å². The second kappa shape index (κ2) is 6.90. The Balaban J connectivity index is 1.76. The summed E-state index contributed by atoms with van der Waals surface area (Å²) in [6, 6.07) is 8.68. The minimum atomic E-state index is -0.679. The van der Waals surface area contributed by atoms with Crippen molar-refractivity contribution in [2.45, 2.75) is 20.1 Å². The lowest BCUT2D eigenvalue weighted by atomic mass is 10.1. The molecule has 0 spiro atoms. The fourth-order valence-corrected chi connectivity index (χ4v) is 2.61. The van der Waals surface area contributed by atoms with Crippen LogP contribution in [-0.2, 0) is 22.7 Å². The molecule has 1 N–H and O–H groups in total. The number of benzene rings is 1. The summed E-state index contributed by atoms with van der Waals surface area (Å²) in [5.41, 5.74) is 0.849. The number of aromatic nitrogens is 3. The molecule has 0 unspecified atom stereocenters. The van der Waals surface area contributed by atoms with Crippen molar-refractivity contribution in [2.24, 2.45) is 0 Å². The number of nitrogens with one attached hydrogen (secondary N) is 1. The molecule has 0 aliphatic heterocycles. The van der Waals surface area contributed by atoms with Crippen molar-refractivity contribution in [1.29, 1.82) is 0 Å². The van der Waals surface area contributed by atoms with Crippen LogP contribution < -0.4 is 11.2 Å². The zero-order valence-electron chi connectivity index (χ0n) is 13.3. The van der Waals surface area contributed by atoms with Crippen LogP contribution in [-0.4, -0.2) is 20.5 Å². The van der Waals surface area contributed by atoms with Crippen LogP contribution in [0.15, 0.2) is 46.1 Å². The normalized spacial score (nSPS) is 10.8. The third-order valence-electron chi connectivity index (χ3n) is 3.71. The van der Waals surface area contributed by atoms with Crippen molar-refractivity contribution in [3.05, 3.63) is 73.6 Å². The Morgan fingerprint density at radius 2 is 2.04 bits per heavy atom. The van der Waals surface area contributed by atoms with Gasteiger partial charge in [0, 0.05) is 17.6 Å². The Kier molecular flexibility index (Phi) is 4.67. The Morgan fingerprint density at radius 1 is 1.28 bits per heavy atom. The van der Waals surface area contributed by atoms with Gasteiger partial charge in [-0.1, -0.05) is 29.8 Å². The molecule has 2 heterocycles. The van der Waals surface area contributed by atoms with E-state index in [-0.39, 0.29) is 13.2 Å². The second-order valence-corrected chi connectivity index (χ2v) is 5.79. The zero-order valence-corrected chi connectivity index (χ0v) is 14.0. The number of nitrogens with zero attached hydrogens (tertiary/aromatic N) is 2. The number of pyridine rings is 1. The van der Waals surface area contributed by atoms with Gasteiger partial charge in [-0.2, -0.15) is 0 Å². The molecular formula is C17H14ClN3O4. The molecule has 0 bridgehead atoms. The van der Waals surface area contributed by atoms with Gasteiger partial charge in [0.25, 0.3) is 5.56 Å². The SMILES string of the molecule is Cc1c(Cl)c(COC(=O)Cn2ccc(=O)[nH]c2=O)nc2ccccc12. The molecule has 0 amide bonds. The number of H-pyrrole nitrogens is 1. The minimum Gasteiger partial charge on any atom is -0.458 e. The minimum absolute atomic E-state index is 0.110. The maximum absolute atomic E-state index is 11.9. The van der Waals surface area contributed by atoms with Crippen LogP contribution in [0, 0.1) is 6.92 Å². The number of ether oxygens (including phenoxy) is 1. The maximum atomic E-state index is 11.9. The van der Waals surface area contributed by atoms with Gasteiger partial charge < -0.3 is 4.74 Å². The highest BCUT2D eigenvalue weighted by Gasteiger charge is 2.13. The largest absolute Gasteiger partial charge is 0.458 e. The van der Waals surface area contributed by atoms with Gasteiger partial charge in [0.2, 0.25) is 0 Å². The van der Waals surface area contributed by atoms with Gasteiger partial charge in [-0.05, 0) is 18.6 Å². The lowest BCUT2D eigenvalue weighted by molar-refractivity contribution is -0.145. The zero-order chi connectivity index (χ0) is 18.0. The number of rotatable bonds is 4. The molecule has 1 aromatic carbocycles. The lowest BCUT2D eigenvalue weighted by Gasteiger charge is -2.11. The summed E-state index contributed by atoms with van der Waals surface area (Å²) in [7, 11) is 0. The Hall–Kier alpha value is -2.93. The number of para-hydroxylation sites is 1. The Labute approximate surface area is 146 Å². The summed E-state index contributed by atoms with van der Waals surface area (Å²) in [5, 5.41) is 1.37. The first-order valence-electron chi connectivity index (χ1n) is 7.45. The van der Waals surface area contributed by atoms with E-state index >= 15 is 0 Å². The number of aryl methyl sites for hydroxylation is 1. The molecule has 0 radical (unpaired) electrons. The third-order valence-corrected chi connectivity index (χ3v) is 4.21. The molecule has 0 fully saturated rings. The first-order chi connectivity index (χ1) is 12.0. The molecule has 0 saturated heterocycles. The number of hydrogen-bond donors (Lipinski definition) is 1. The predicted molar refractivity (Wildman–Crippen MR) is 92.6 cm³/mol. The maximum Gasteiger partial charge on any atom is 0.328 e. The summed E-state index contributed by atoms with van der Waals surface area (Å²) >= 11 is 6.31. The van der Waals surface area contributed by atoms with Gasteiger partial charge in [-0.3, -0.25) is 19.1 Å². The van der Waals surface area contributed by atoms with E-state index in [1.165, 1.54) is 6.20 Å². The van der Waals surface area contributed by atoms with E-state index in [1.807, 2.05) is 31.2 Å². The van der Waals surface area contributed by atoms with Crippen molar-refractivity contribution in [1.82, 2.24) is 14.5 Å². The van der Waals surface area contributed by atoms with Crippen molar-refractivity contribution in [3.63, 3.8) is 0 Å². The van der Waals surface area contributed by atoms with Gasteiger partial charge in [0.15, 0.2) is 0 Å². The van der Waals surface area contributed by atoms with Crippen molar-refractivity contribution < 1.29 is 9.53 Å². The molecule has 8 heteroatoms. The van der Waals surface area contributed by atoms with Gasteiger partial charge in [-0.15, -0.1) is 0 Å². The molecule has 2 aromatic heterocycles. The van der Waals surface area contributed by atoms with E-state index in [4.69, 9.17) is 16.3 Å². The van der Waals surface area contributed by atoms with Crippen LogP contribution in [0.4, 0.5) is 0 Å². The topological polar surface area (TPSA) is 94.0 Å². The van der Waals surface area contributed by atoms with Gasteiger partial charge >= 0.3 is 11.7 Å². The average Bonchev–Trinajstić information content (AvgIpc) is 2.59. The highest BCUT2D eigenvalue weighted by molar-refractivity contribution is 6.32. The number of hydrogen-bond acceptors (Lipinski definition) is 5. The summed E-state index contributed by atoms with van der Waals surface area (Å²) in [6.07, 6.45) is 1.23. The summed E-state index contributed by atoms with van der Waals surface area (Å²) < 4.78 is 6.21. The van der Waals surface area contributed by atoms with Crippen LogP contribution in [0.25, 0.3) is 10.9 Å². The quantitative estimate of drug-likeness (QED) is 0.717. The average molecular weight is 360 g/mol. The number of aromatic amines is 1. The van der Waals surface area contributed by atoms with Crippen molar-refractivity contribution in [3.8, 4) is 0 Å². The van der Waals surface area contributed by atoms with E-state index in [0.717, 1.165) is 27.1 Å². The predicted octanol–water partition coefficient (Wildman–Crippen LogP) is 1.79. The van der Waals surface area contributed by atoms with E-state index in [1.54, 1.807) is 0 Å². The number of esters is 1. The van der Waals surface area contributed by atoms with Crippen LogP contribution in [0.2, 0.25) is 5.02 Å². The Bertz CT molecular complexity index is 1070. The van der Waals surface area contributed by atoms with E-state index < -0.39 is 17.2 Å². The molecule has 0 aliphatic rings. The fraction of sp³-hybridized carbons (Fsp3) is 0.176. The van der Waals surface area contributed by atoms with Crippen LogP contribution in [0.1, 0.15) is 11.3 Å². The van der Waals surface area contributed by atoms with E-state index in [9.17, 15) is 14.4 Å². The number of carbonyl (C=O) groups is 1. The first-order valence-corrected chi connectivity index (χ1v) is 7.82. The number of fused-ring (bicyclic) bond motifs is 1. The summed E-state index contributed by atoms with van der Waals surface area (Å²) in [6.45, 7) is 1.44. The van der Waals surface area contributed by atoms with Crippen LogP contribution in [0.5, 0.6) is 0 Å². The molecule has 0 saturated carbocycles. The number of halogens is 1. The molecular weight excluding hydrogens is 346 g/mol. The fourth-order valence-electron chi connectivity index (χ4n) is 2.42. The second-order valence-electron chi connectivity index (χ2n) is 5.41. The molecule has 3 rings (SSSR count). The number of carbonyl (C=O) groups excluding carboxylic acids is 1. The molecule has 3 aromatic rings. The van der Waals surface area contributed by atoms with Gasteiger partial charge in [0.05, 0.1) is 16.2 Å². The first kappa shape index (κ1) is 16.9. The standard InChI is InChI=1S/C17H14ClN3O4/c1-10-11-4-2-3-5-12(11)19-13(16(10)18)9-25-15(23)8-21-7-6-14(22)20-17(21)24/h2-7H,8-9H2,1H3,(H,20,22,24). The van der Waals surface area contributed by atoms with E-state index in [2.05, 4.69) is 9.97 Å². The van der Waals surface area contributed by atoms with Crippen molar-refractivity contribution in [2.75, 3.05) is 0 Å². The highest BCUT2D eigenvalue weighted by atomic mass is 35.5. The molecule has 0 atom stereocenters. The third kappa shape index (κ3) is 3.61.